The lowest BCUT2D eigenvalue weighted by atomic mass is 10.0. The summed E-state index contributed by atoms with van der Waals surface area (Å²) in [6, 6.07) is 10.3. The minimum absolute atomic E-state index is 0.205. The zero-order valence-corrected chi connectivity index (χ0v) is 19.2. The molecule has 8 nitrogen and oxygen atoms in total. The van der Waals surface area contributed by atoms with Crippen molar-refractivity contribution >= 4 is 21.8 Å². The Bertz CT molecular complexity index is 1190. The van der Waals surface area contributed by atoms with Gasteiger partial charge in [0.1, 0.15) is 12.1 Å². The molecule has 0 aromatic heterocycles. The van der Waals surface area contributed by atoms with Crippen LogP contribution >= 0.6 is 0 Å². The van der Waals surface area contributed by atoms with E-state index in [4.69, 9.17) is 11.0 Å². The first-order valence-electron chi connectivity index (χ1n) is 9.94. The summed E-state index contributed by atoms with van der Waals surface area (Å²) in [4.78, 5) is 23.5. The number of halogens is 3. The maximum Gasteiger partial charge on any atom is 0.416 e. The summed E-state index contributed by atoms with van der Waals surface area (Å²) in [7, 11) is -3.88. The van der Waals surface area contributed by atoms with E-state index in [1.54, 1.807) is 30.3 Å². The van der Waals surface area contributed by atoms with Gasteiger partial charge in [-0.05, 0) is 35.7 Å². The Morgan fingerprint density at radius 1 is 1.15 bits per heavy atom. The van der Waals surface area contributed by atoms with Gasteiger partial charge >= 0.3 is 6.18 Å². The van der Waals surface area contributed by atoms with Crippen LogP contribution in [0.2, 0.25) is 0 Å². The second-order valence-corrected chi connectivity index (χ2v) is 9.56. The summed E-state index contributed by atoms with van der Waals surface area (Å²) in [6.07, 6.45) is -3.99. The number of nitrogens with two attached hydrogens (primary N) is 1. The maximum absolute atomic E-state index is 13.0. The van der Waals surface area contributed by atoms with Gasteiger partial charge in [-0.25, -0.2) is 8.42 Å². The molecule has 0 spiro atoms. The summed E-state index contributed by atoms with van der Waals surface area (Å²) >= 11 is 0. The number of nitriles is 1. The summed E-state index contributed by atoms with van der Waals surface area (Å²) < 4.78 is 64.5. The van der Waals surface area contributed by atoms with Crippen LogP contribution in [0.4, 0.5) is 13.2 Å². The van der Waals surface area contributed by atoms with Crippen molar-refractivity contribution in [2.45, 2.75) is 38.1 Å². The first kappa shape index (κ1) is 26.8. The van der Waals surface area contributed by atoms with Crippen LogP contribution in [0.25, 0.3) is 11.1 Å². The molecule has 0 aliphatic carbocycles. The molecule has 0 aliphatic rings. The number of hydrogen-bond acceptors (Lipinski definition) is 5. The second-order valence-electron chi connectivity index (χ2n) is 7.62. The van der Waals surface area contributed by atoms with E-state index in [1.165, 1.54) is 19.1 Å². The second kappa shape index (κ2) is 10.7. The predicted molar refractivity (Wildman–Crippen MR) is 118 cm³/mol. The monoisotopic (exact) mass is 496 g/mol. The van der Waals surface area contributed by atoms with Gasteiger partial charge in [0.05, 0.1) is 24.3 Å². The molecule has 3 N–H and O–H groups in total. The Morgan fingerprint density at radius 2 is 1.76 bits per heavy atom. The van der Waals surface area contributed by atoms with E-state index in [0.29, 0.717) is 16.7 Å². The minimum Gasteiger partial charge on any atom is -0.370 e. The zero-order chi connectivity index (χ0) is 25.7. The standard InChI is InChI=1S/C22H23F3N4O4S/c1-14(21(31)28-19(12-26)11-20(27)30)29(34(2,32)33)13-15-6-8-16(9-7-15)17-4-3-5-18(10-17)22(23,24)25/h3-10,14,19H,11,13H2,1-2H3,(H2,27,30)(H,28,31)/t14-,19+/m1/s1. The average molecular weight is 497 g/mol. The number of benzene rings is 2. The van der Waals surface area contributed by atoms with Crippen molar-refractivity contribution < 1.29 is 31.2 Å². The lowest BCUT2D eigenvalue weighted by molar-refractivity contribution is -0.137. The van der Waals surface area contributed by atoms with E-state index in [-0.39, 0.29) is 6.54 Å². The molecule has 2 rings (SSSR count). The van der Waals surface area contributed by atoms with Gasteiger partial charge in [0.15, 0.2) is 0 Å². The summed E-state index contributed by atoms with van der Waals surface area (Å²) in [5, 5.41) is 11.3. The normalized spacial score (nSPS) is 13.7. The number of hydrogen-bond donors (Lipinski definition) is 2. The molecule has 0 aliphatic heterocycles. The lowest BCUT2D eigenvalue weighted by Gasteiger charge is -2.27. The highest BCUT2D eigenvalue weighted by Crippen LogP contribution is 2.32. The third-order valence-corrected chi connectivity index (χ3v) is 6.23. The van der Waals surface area contributed by atoms with E-state index in [9.17, 15) is 31.2 Å². The van der Waals surface area contributed by atoms with Crippen molar-refractivity contribution in [3.05, 3.63) is 59.7 Å². The third kappa shape index (κ3) is 7.29. The molecule has 0 radical (unpaired) electrons. The van der Waals surface area contributed by atoms with E-state index < -0.39 is 52.1 Å². The van der Waals surface area contributed by atoms with Gasteiger partial charge in [-0.1, -0.05) is 36.4 Å². The molecule has 0 saturated carbocycles. The maximum atomic E-state index is 13.0. The fraction of sp³-hybridized carbons (Fsp3) is 0.318. The number of rotatable bonds is 9. The Labute approximate surface area is 195 Å². The Hall–Kier alpha value is -3.43. The van der Waals surface area contributed by atoms with Crippen LogP contribution < -0.4 is 11.1 Å². The molecule has 0 bridgehead atoms. The van der Waals surface area contributed by atoms with E-state index in [1.807, 2.05) is 0 Å². The van der Waals surface area contributed by atoms with E-state index in [2.05, 4.69) is 5.32 Å². The number of nitrogens with one attached hydrogen (secondary N) is 1. The molecule has 2 aromatic carbocycles. The molecule has 0 fully saturated rings. The van der Waals surface area contributed by atoms with Gasteiger partial charge in [0, 0.05) is 6.54 Å². The van der Waals surface area contributed by atoms with Gasteiger partial charge < -0.3 is 11.1 Å². The molecule has 2 atom stereocenters. The fourth-order valence-electron chi connectivity index (χ4n) is 3.15. The summed E-state index contributed by atoms with van der Waals surface area (Å²) in [5.41, 5.74) is 5.56. The van der Waals surface area contributed by atoms with Crippen molar-refractivity contribution in [1.29, 1.82) is 5.26 Å². The van der Waals surface area contributed by atoms with Crippen LogP contribution in [-0.4, -0.2) is 42.9 Å². The fourth-order valence-corrected chi connectivity index (χ4v) is 4.21. The van der Waals surface area contributed by atoms with E-state index in [0.717, 1.165) is 22.7 Å². The molecule has 0 heterocycles. The topological polar surface area (TPSA) is 133 Å². The Morgan fingerprint density at radius 3 is 2.26 bits per heavy atom. The molecule has 0 saturated heterocycles. The van der Waals surface area contributed by atoms with Crippen LogP contribution in [0.3, 0.4) is 0 Å². The molecule has 182 valence electrons. The summed E-state index contributed by atoms with van der Waals surface area (Å²) in [6.45, 7) is 1.12. The molecular weight excluding hydrogens is 473 g/mol. The lowest BCUT2D eigenvalue weighted by Crippen LogP contribution is -2.50. The van der Waals surface area contributed by atoms with Gasteiger partial charge in [-0.15, -0.1) is 0 Å². The molecule has 2 aromatic rings. The highest BCUT2D eigenvalue weighted by atomic mass is 32.2. The highest BCUT2D eigenvalue weighted by Gasteiger charge is 2.31. The van der Waals surface area contributed by atoms with Gasteiger partial charge in [0.25, 0.3) is 0 Å². The van der Waals surface area contributed by atoms with Crippen LogP contribution in [0, 0.1) is 11.3 Å². The third-order valence-electron chi connectivity index (χ3n) is 4.93. The number of sulfonamides is 1. The first-order valence-corrected chi connectivity index (χ1v) is 11.8. The van der Waals surface area contributed by atoms with Crippen LogP contribution in [0.15, 0.2) is 48.5 Å². The minimum atomic E-state index is -4.48. The largest absolute Gasteiger partial charge is 0.416 e. The van der Waals surface area contributed by atoms with Gasteiger partial charge in [-0.2, -0.15) is 22.7 Å². The Balaban J connectivity index is 2.22. The van der Waals surface area contributed by atoms with Gasteiger partial charge in [-0.3, -0.25) is 9.59 Å². The summed E-state index contributed by atoms with van der Waals surface area (Å²) in [5.74, 6) is -1.60. The number of nitrogens with zero attached hydrogens (tertiary/aromatic N) is 2. The smallest absolute Gasteiger partial charge is 0.370 e. The van der Waals surface area contributed by atoms with Crippen LogP contribution in [-0.2, 0) is 32.3 Å². The van der Waals surface area contributed by atoms with Crippen LogP contribution in [0.1, 0.15) is 24.5 Å². The SMILES string of the molecule is C[C@H](C(=O)N[C@H](C#N)CC(N)=O)N(Cc1ccc(-c2cccc(C(F)(F)F)c2)cc1)S(C)(=O)=O. The molecular formula is C22H23F3N4O4S. The number of primary amides is 1. The van der Waals surface area contributed by atoms with E-state index >= 15 is 0 Å². The average Bonchev–Trinajstić information content (AvgIpc) is 2.75. The van der Waals surface area contributed by atoms with Crippen molar-refractivity contribution in [1.82, 2.24) is 9.62 Å². The molecule has 12 heteroatoms. The highest BCUT2D eigenvalue weighted by molar-refractivity contribution is 7.88. The van der Waals surface area contributed by atoms with Gasteiger partial charge in [0.2, 0.25) is 21.8 Å². The molecule has 34 heavy (non-hydrogen) atoms. The number of alkyl halides is 3. The number of amides is 2. The van der Waals surface area contributed by atoms with Crippen LogP contribution in [0.5, 0.6) is 0 Å². The quantitative estimate of drug-likeness (QED) is 0.550. The van der Waals surface area contributed by atoms with Crippen molar-refractivity contribution in [3.8, 4) is 17.2 Å². The number of carbonyl (C=O) groups excluding carboxylic acids is 2. The van der Waals surface area contributed by atoms with Crippen molar-refractivity contribution in [3.63, 3.8) is 0 Å². The molecule has 2 amide bonds. The molecule has 0 unspecified atom stereocenters. The van der Waals surface area contributed by atoms with Crippen molar-refractivity contribution in [2.24, 2.45) is 5.73 Å². The number of carbonyl (C=O) groups is 2. The Kier molecular flexibility index (Phi) is 8.41. The predicted octanol–water partition coefficient (Wildman–Crippen LogP) is 2.41. The zero-order valence-electron chi connectivity index (χ0n) is 18.3. The first-order chi connectivity index (χ1) is 15.7. The van der Waals surface area contributed by atoms with Crippen molar-refractivity contribution in [2.75, 3.05) is 6.26 Å².